The summed E-state index contributed by atoms with van der Waals surface area (Å²) in [6, 6.07) is 10.3. The van der Waals surface area contributed by atoms with Gasteiger partial charge in [0.25, 0.3) is 0 Å². The number of anilines is 2. The summed E-state index contributed by atoms with van der Waals surface area (Å²) in [6.45, 7) is 11.6. The molecule has 184 valence electrons. The molecule has 2 aromatic heterocycles. The zero-order chi connectivity index (χ0) is 24.6. The van der Waals surface area contributed by atoms with E-state index in [0.29, 0.717) is 25.6 Å². The van der Waals surface area contributed by atoms with Crippen LogP contribution in [0.5, 0.6) is 0 Å². The summed E-state index contributed by atoms with van der Waals surface area (Å²) in [7, 11) is 0. The van der Waals surface area contributed by atoms with Gasteiger partial charge < -0.3 is 19.5 Å². The largest absolute Gasteiger partial charge is 0.378 e. The molecule has 0 bridgehead atoms. The van der Waals surface area contributed by atoms with Gasteiger partial charge in [-0.3, -0.25) is 10.2 Å². The standard InChI is InChI=1S/C26H33N7O2/c1-17-6-5-7-19(12-17)18(2)30-31-22-13-21(32-8-10-35-11-9-32)23-24(29-22)33(16-27-23)15-20-14-26(3,4)25(34)28-20/h5-7,12-13,16,20H,8-11,14-15H2,1-4H3,(H,28,34)(H,29,31)/b30-18+/t20-/m0/s1. The fraction of sp³-hybridized carbons (Fsp3) is 0.462. The predicted molar refractivity (Wildman–Crippen MR) is 138 cm³/mol. The van der Waals surface area contributed by atoms with Crippen LogP contribution in [0.1, 0.15) is 38.3 Å². The highest BCUT2D eigenvalue weighted by Gasteiger charge is 2.39. The van der Waals surface area contributed by atoms with Gasteiger partial charge in [0, 0.05) is 37.2 Å². The number of nitrogens with one attached hydrogen (secondary N) is 2. The number of hydrogen-bond donors (Lipinski definition) is 2. The Morgan fingerprint density at radius 1 is 1.29 bits per heavy atom. The molecule has 1 aromatic carbocycles. The second kappa shape index (κ2) is 9.30. The third kappa shape index (κ3) is 4.86. The average Bonchev–Trinajstić information content (AvgIpc) is 3.36. The number of morpholine rings is 1. The minimum Gasteiger partial charge on any atom is -0.378 e. The van der Waals surface area contributed by atoms with Gasteiger partial charge in [0.15, 0.2) is 11.5 Å². The van der Waals surface area contributed by atoms with E-state index in [1.54, 1.807) is 0 Å². The van der Waals surface area contributed by atoms with Crippen LogP contribution in [0.2, 0.25) is 0 Å². The zero-order valence-electron chi connectivity index (χ0n) is 20.8. The maximum atomic E-state index is 12.3. The van der Waals surface area contributed by atoms with Crippen molar-refractivity contribution in [2.75, 3.05) is 36.6 Å². The predicted octanol–water partition coefficient (Wildman–Crippen LogP) is 3.33. The van der Waals surface area contributed by atoms with Crippen molar-refractivity contribution >= 4 is 34.3 Å². The molecule has 5 rings (SSSR count). The molecular formula is C26H33N7O2. The van der Waals surface area contributed by atoms with Gasteiger partial charge in [-0.15, -0.1) is 0 Å². The number of pyridine rings is 1. The molecule has 2 saturated heterocycles. The van der Waals surface area contributed by atoms with Crippen molar-refractivity contribution in [3.63, 3.8) is 0 Å². The number of hydrogen-bond acceptors (Lipinski definition) is 7. The van der Waals surface area contributed by atoms with Crippen molar-refractivity contribution in [2.45, 2.75) is 46.7 Å². The van der Waals surface area contributed by atoms with Gasteiger partial charge >= 0.3 is 0 Å². The van der Waals surface area contributed by atoms with E-state index < -0.39 is 0 Å². The number of nitrogens with zero attached hydrogens (tertiary/aromatic N) is 5. The number of aryl methyl sites for hydroxylation is 1. The number of rotatable bonds is 6. The van der Waals surface area contributed by atoms with Crippen LogP contribution in [-0.2, 0) is 16.1 Å². The number of fused-ring (bicyclic) bond motifs is 1. The Bertz CT molecular complexity index is 1270. The highest BCUT2D eigenvalue weighted by molar-refractivity contribution is 5.99. The Kier molecular flexibility index (Phi) is 6.19. The molecule has 3 aromatic rings. The first-order chi connectivity index (χ1) is 16.8. The fourth-order valence-electron chi connectivity index (χ4n) is 4.82. The van der Waals surface area contributed by atoms with Gasteiger partial charge in [0.05, 0.1) is 30.9 Å². The fourth-order valence-corrected chi connectivity index (χ4v) is 4.82. The molecule has 9 heteroatoms. The number of imidazole rings is 1. The third-order valence-electron chi connectivity index (χ3n) is 6.80. The highest BCUT2D eigenvalue weighted by atomic mass is 16.5. The van der Waals surface area contributed by atoms with Crippen molar-refractivity contribution in [1.29, 1.82) is 0 Å². The molecule has 9 nitrogen and oxygen atoms in total. The van der Waals surface area contributed by atoms with Crippen LogP contribution in [0, 0.1) is 12.3 Å². The average molecular weight is 476 g/mol. The van der Waals surface area contributed by atoms with Crippen LogP contribution in [0.25, 0.3) is 11.2 Å². The topological polar surface area (TPSA) is 96.7 Å². The van der Waals surface area contributed by atoms with Crippen LogP contribution < -0.4 is 15.6 Å². The monoisotopic (exact) mass is 475 g/mol. The van der Waals surface area contributed by atoms with Crippen LogP contribution in [-0.4, -0.2) is 58.5 Å². The van der Waals surface area contributed by atoms with Gasteiger partial charge in [-0.05, 0) is 25.8 Å². The number of amides is 1. The second-order valence-corrected chi connectivity index (χ2v) is 10.1. The lowest BCUT2D eigenvalue weighted by Crippen LogP contribution is -2.36. The Labute approximate surface area is 205 Å². The Balaban J connectivity index is 1.48. The summed E-state index contributed by atoms with van der Waals surface area (Å²) in [4.78, 5) is 24.2. The number of carbonyl (C=O) groups is 1. The molecule has 0 unspecified atom stereocenters. The van der Waals surface area contributed by atoms with Crippen molar-refractivity contribution in [3.8, 4) is 0 Å². The van der Waals surface area contributed by atoms with Crippen LogP contribution >= 0.6 is 0 Å². The van der Waals surface area contributed by atoms with Gasteiger partial charge in [-0.1, -0.05) is 43.7 Å². The second-order valence-electron chi connectivity index (χ2n) is 10.1. The van der Waals surface area contributed by atoms with E-state index in [9.17, 15) is 4.79 Å². The quantitative estimate of drug-likeness (QED) is 0.419. The smallest absolute Gasteiger partial charge is 0.226 e. The molecule has 0 aliphatic carbocycles. The van der Waals surface area contributed by atoms with E-state index in [-0.39, 0.29) is 17.4 Å². The summed E-state index contributed by atoms with van der Waals surface area (Å²) in [6.07, 6.45) is 2.60. The van der Waals surface area contributed by atoms with Crippen molar-refractivity contribution in [3.05, 3.63) is 47.8 Å². The van der Waals surface area contributed by atoms with Crippen LogP contribution in [0.3, 0.4) is 0 Å². The molecule has 0 spiro atoms. The lowest BCUT2D eigenvalue weighted by molar-refractivity contribution is -0.126. The maximum absolute atomic E-state index is 12.3. The minimum atomic E-state index is -0.359. The third-order valence-corrected chi connectivity index (χ3v) is 6.80. The SMILES string of the molecule is C/C(=N\Nc1cc(N2CCOCC2)c2ncn(C[C@@H]3CC(C)(C)C(=O)N3)c2n1)c1cccc(C)c1. The van der Waals surface area contributed by atoms with Crippen molar-refractivity contribution in [1.82, 2.24) is 19.9 Å². The lowest BCUT2D eigenvalue weighted by atomic mass is 9.90. The summed E-state index contributed by atoms with van der Waals surface area (Å²) in [5.74, 6) is 0.751. The van der Waals surface area contributed by atoms with E-state index in [2.05, 4.69) is 45.9 Å². The first kappa shape index (κ1) is 23.3. The van der Waals surface area contributed by atoms with Gasteiger partial charge in [-0.2, -0.15) is 5.10 Å². The molecule has 1 atom stereocenters. The van der Waals surface area contributed by atoms with E-state index >= 15 is 0 Å². The molecule has 0 saturated carbocycles. The highest BCUT2D eigenvalue weighted by Crippen LogP contribution is 2.32. The summed E-state index contributed by atoms with van der Waals surface area (Å²) in [5, 5.41) is 7.74. The number of aromatic nitrogens is 3. The first-order valence-corrected chi connectivity index (χ1v) is 12.2. The molecule has 0 radical (unpaired) electrons. The normalized spacial score (nSPS) is 20.3. The van der Waals surface area contributed by atoms with Crippen molar-refractivity contribution in [2.24, 2.45) is 10.5 Å². The Morgan fingerprint density at radius 3 is 2.80 bits per heavy atom. The molecule has 4 heterocycles. The van der Waals surface area contributed by atoms with Crippen LogP contribution in [0.4, 0.5) is 11.5 Å². The summed E-state index contributed by atoms with van der Waals surface area (Å²) in [5.41, 5.74) is 8.59. The Hall–Kier alpha value is -3.46. The van der Waals surface area contributed by atoms with E-state index in [0.717, 1.165) is 47.6 Å². The van der Waals surface area contributed by atoms with Gasteiger partial charge in [-0.25, -0.2) is 9.97 Å². The van der Waals surface area contributed by atoms with Crippen LogP contribution in [0.15, 0.2) is 41.8 Å². The molecule has 2 N–H and O–H groups in total. The first-order valence-electron chi connectivity index (χ1n) is 12.2. The molecule has 35 heavy (non-hydrogen) atoms. The summed E-state index contributed by atoms with van der Waals surface area (Å²) >= 11 is 0. The molecular weight excluding hydrogens is 442 g/mol. The Morgan fingerprint density at radius 2 is 2.09 bits per heavy atom. The number of hydrazone groups is 1. The van der Waals surface area contributed by atoms with E-state index in [1.807, 2.05) is 43.8 Å². The van der Waals surface area contributed by atoms with E-state index in [1.165, 1.54) is 5.56 Å². The van der Waals surface area contributed by atoms with Crippen molar-refractivity contribution < 1.29 is 9.53 Å². The number of carbonyl (C=O) groups excluding carboxylic acids is 1. The number of benzene rings is 1. The zero-order valence-corrected chi connectivity index (χ0v) is 20.8. The molecule has 1 amide bonds. The molecule has 2 aliphatic heterocycles. The van der Waals surface area contributed by atoms with Gasteiger partial charge in [0.2, 0.25) is 5.91 Å². The number of ether oxygens (including phenoxy) is 1. The van der Waals surface area contributed by atoms with E-state index in [4.69, 9.17) is 14.7 Å². The molecule has 2 aliphatic rings. The molecule has 2 fully saturated rings. The summed E-state index contributed by atoms with van der Waals surface area (Å²) < 4.78 is 7.60. The maximum Gasteiger partial charge on any atom is 0.226 e. The minimum absolute atomic E-state index is 0.0433. The lowest BCUT2D eigenvalue weighted by Gasteiger charge is -2.29. The van der Waals surface area contributed by atoms with Gasteiger partial charge in [0.1, 0.15) is 5.52 Å².